The second kappa shape index (κ2) is 15.8. The number of carbonyl (C=O) groups excluding carboxylic acids is 5. The Morgan fingerprint density at radius 3 is 1.76 bits per heavy atom. The molecule has 4 atom stereocenters. The van der Waals surface area contributed by atoms with Gasteiger partial charge < -0.3 is 49.0 Å². The van der Waals surface area contributed by atoms with Crippen LogP contribution in [0.15, 0.2) is 30.3 Å². The van der Waals surface area contributed by atoms with Gasteiger partial charge in [-0.2, -0.15) is 0 Å². The van der Waals surface area contributed by atoms with Crippen molar-refractivity contribution < 1.29 is 52.8 Å². The summed E-state index contributed by atoms with van der Waals surface area (Å²) >= 11 is 0. The summed E-state index contributed by atoms with van der Waals surface area (Å²) in [5.74, 6) is -4.17. The maximum absolute atomic E-state index is 13.1. The molecule has 0 radical (unpaired) electrons. The second-order valence-corrected chi connectivity index (χ2v) is 11.8. The molecular weight excluding hydrogens is 606 g/mol. The average Bonchev–Trinajstić information content (AvgIpc) is 3.47. The van der Waals surface area contributed by atoms with Crippen molar-refractivity contribution in [1.29, 1.82) is 0 Å². The fraction of sp³-hybridized carbons (Fsp3) is 0.600. The molecule has 0 unspecified atom stereocenters. The minimum atomic E-state index is -1.19. The highest BCUT2D eigenvalue weighted by molar-refractivity contribution is 5.90. The molecular formula is C30H43N5O11. The van der Waals surface area contributed by atoms with Gasteiger partial charge in [0.25, 0.3) is 0 Å². The Balaban J connectivity index is 1.48. The number of benzene rings is 1. The molecule has 1 aromatic carbocycles. The predicted octanol–water partition coefficient (Wildman–Crippen LogP) is -0.491. The van der Waals surface area contributed by atoms with Crippen LogP contribution in [0.1, 0.15) is 25.8 Å². The monoisotopic (exact) mass is 649 g/mol. The third-order valence-electron chi connectivity index (χ3n) is 7.47. The van der Waals surface area contributed by atoms with Gasteiger partial charge in [-0.25, -0.2) is 4.79 Å². The van der Waals surface area contributed by atoms with Crippen LogP contribution in [0, 0.1) is 0 Å². The van der Waals surface area contributed by atoms with Crippen molar-refractivity contribution in [3.63, 3.8) is 0 Å². The Hall–Kier alpha value is -4.28. The number of carboxylic acid groups (broad SMARTS) is 1. The molecule has 2 heterocycles. The third kappa shape index (κ3) is 10.4. The summed E-state index contributed by atoms with van der Waals surface area (Å²) in [6.45, 7) is 2.09. The summed E-state index contributed by atoms with van der Waals surface area (Å²) in [6.07, 6.45) is -3.25. The molecule has 2 fully saturated rings. The number of amides is 5. The summed E-state index contributed by atoms with van der Waals surface area (Å²) in [5.41, 5.74) is 0.838. The van der Waals surface area contributed by atoms with Crippen LogP contribution in [0.4, 0.5) is 4.79 Å². The number of carboxylic acids is 1. The lowest BCUT2D eigenvalue weighted by Gasteiger charge is -2.26. The van der Waals surface area contributed by atoms with Gasteiger partial charge in [-0.1, -0.05) is 30.3 Å². The molecule has 46 heavy (non-hydrogen) atoms. The molecule has 3 rings (SSSR count). The molecule has 5 amide bonds. The molecule has 16 nitrogen and oxygen atoms in total. The van der Waals surface area contributed by atoms with Crippen molar-refractivity contribution >= 4 is 35.7 Å². The zero-order valence-electron chi connectivity index (χ0n) is 27.0. The molecule has 0 spiro atoms. The fourth-order valence-corrected chi connectivity index (χ4v) is 4.91. The number of carbonyl (C=O) groups is 6. The summed E-state index contributed by atoms with van der Waals surface area (Å²) < 4.78 is 23.4. The van der Waals surface area contributed by atoms with Gasteiger partial charge >= 0.3 is 12.1 Å². The Morgan fingerprint density at radius 1 is 0.761 bits per heavy atom. The van der Waals surface area contributed by atoms with E-state index in [1.54, 1.807) is 13.8 Å². The molecule has 1 aromatic rings. The highest BCUT2D eigenvalue weighted by Gasteiger charge is 2.55. The first-order valence-electron chi connectivity index (χ1n) is 14.7. The largest absolute Gasteiger partial charge is 0.480 e. The van der Waals surface area contributed by atoms with Crippen LogP contribution in [0.5, 0.6) is 0 Å². The molecule has 254 valence electrons. The maximum atomic E-state index is 13.1. The van der Waals surface area contributed by atoms with E-state index in [4.69, 9.17) is 24.1 Å². The first-order valence-corrected chi connectivity index (χ1v) is 14.7. The second-order valence-electron chi connectivity index (χ2n) is 11.8. The first-order chi connectivity index (χ1) is 21.6. The number of fused-ring (bicyclic) bond motifs is 1. The van der Waals surface area contributed by atoms with Crippen molar-refractivity contribution in [3.8, 4) is 0 Å². The van der Waals surface area contributed by atoms with Gasteiger partial charge in [-0.15, -0.1) is 0 Å². The third-order valence-corrected chi connectivity index (χ3v) is 7.47. The molecule has 0 saturated carbocycles. The van der Waals surface area contributed by atoms with E-state index in [0.29, 0.717) is 0 Å². The smallest absolute Gasteiger partial charge is 0.407 e. The Morgan fingerprint density at radius 2 is 1.24 bits per heavy atom. The molecule has 2 aliphatic rings. The van der Waals surface area contributed by atoms with Crippen LogP contribution in [0.25, 0.3) is 0 Å². The molecule has 16 heteroatoms. The van der Waals surface area contributed by atoms with E-state index in [-0.39, 0.29) is 39.2 Å². The van der Waals surface area contributed by atoms with Crippen LogP contribution in [0.2, 0.25) is 0 Å². The fourth-order valence-electron chi connectivity index (χ4n) is 4.91. The van der Waals surface area contributed by atoms with Crippen molar-refractivity contribution in [2.45, 2.75) is 57.1 Å². The van der Waals surface area contributed by atoms with Gasteiger partial charge in [-0.05, 0) is 19.4 Å². The Bertz CT molecular complexity index is 1280. The molecule has 0 aromatic heterocycles. The zero-order valence-corrected chi connectivity index (χ0v) is 27.0. The first kappa shape index (κ1) is 36.2. The highest BCUT2D eigenvalue weighted by Crippen LogP contribution is 2.39. The van der Waals surface area contributed by atoms with Gasteiger partial charge in [0.15, 0.2) is 5.79 Å². The van der Waals surface area contributed by atoms with E-state index in [2.05, 4.69) is 5.32 Å². The van der Waals surface area contributed by atoms with Gasteiger partial charge in [0.05, 0.1) is 32.2 Å². The topological polar surface area (TPSA) is 185 Å². The van der Waals surface area contributed by atoms with Gasteiger partial charge in [0, 0.05) is 34.7 Å². The van der Waals surface area contributed by atoms with E-state index < -0.39 is 72.4 Å². The number of likely N-dealkylation sites (N-methyl/N-ethyl adjacent to an activating group) is 4. The maximum Gasteiger partial charge on any atom is 0.407 e. The summed E-state index contributed by atoms with van der Waals surface area (Å²) in [7, 11) is 5.51. The lowest BCUT2D eigenvalue weighted by Crippen LogP contribution is -2.47. The lowest BCUT2D eigenvalue weighted by atomic mass is 10.1. The molecule has 0 bridgehead atoms. The van der Waals surface area contributed by atoms with Crippen LogP contribution in [-0.4, -0.2) is 152 Å². The quantitative estimate of drug-likeness (QED) is 0.265. The number of rotatable bonds is 14. The van der Waals surface area contributed by atoms with E-state index in [1.165, 1.54) is 33.1 Å². The van der Waals surface area contributed by atoms with Gasteiger partial charge in [-0.3, -0.25) is 24.0 Å². The predicted molar refractivity (Wildman–Crippen MR) is 160 cm³/mol. The van der Waals surface area contributed by atoms with Crippen LogP contribution >= 0.6 is 0 Å². The Labute approximate surface area is 267 Å². The minimum absolute atomic E-state index is 0.0575. The lowest BCUT2D eigenvalue weighted by molar-refractivity contribution is -0.188. The van der Waals surface area contributed by atoms with E-state index in [0.717, 1.165) is 20.3 Å². The van der Waals surface area contributed by atoms with Crippen molar-refractivity contribution in [1.82, 2.24) is 24.9 Å². The van der Waals surface area contributed by atoms with E-state index >= 15 is 0 Å². The average molecular weight is 650 g/mol. The number of ether oxygens (including phenoxy) is 4. The minimum Gasteiger partial charge on any atom is -0.480 e. The summed E-state index contributed by atoms with van der Waals surface area (Å²) in [6, 6.07) is 9.22. The number of hydrogen-bond acceptors (Lipinski definition) is 10. The summed E-state index contributed by atoms with van der Waals surface area (Å²) in [4.78, 5) is 78.1. The molecule has 0 aliphatic carbocycles. The van der Waals surface area contributed by atoms with E-state index in [9.17, 15) is 28.8 Å². The summed E-state index contributed by atoms with van der Waals surface area (Å²) in [5, 5.41) is 11.5. The number of nitrogens with one attached hydrogen (secondary N) is 1. The highest BCUT2D eigenvalue weighted by atomic mass is 16.8. The molecule has 2 N–H and O–H groups in total. The molecule has 2 aliphatic heterocycles. The van der Waals surface area contributed by atoms with Gasteiger partial charge in [0.2, 0.25) is 23.6 Å². The van der Waals surface area contributed by atoms with Crippen LogP contribution in [0.3, 0.4) is 0 Å². The van der Waals surface area contributed by atoms with E-state index in [1.807, 2.05) is 30.3 Å². The SMILES string of the molecule is CN(CC(=O)O)C(=O)CN(C)C(=O)CN(C)C(=O)CN(C)C(=O)C[C@@H]1O[C@H](CNC(=O)OCc2ccccc2)[C@H]2OC(C)(C)O[C@H]21. The normalized spacial score (nSPS) is 21.1. The zero-order chi connectivity index (χ0) is 34.2. The van der Waals surface area contributed by atoms with Crippen LogP contribution < -0.4 is 5.32 Å². The van der Waals surface area contributed by atoms with Crippen LogP contribution in [-0.2, 0) is 49.5 Å². The number of nitrogens with zero attached hydrogens (tertiary/aromatic N) is 4. The number of alkyl carbamates (subject to hydrolysis) is 1. The van der Waals surface area contributed by atoms with Crippen molar-refractivity contribution in [3.05, 3.63) is 35.9 Å². The van der Waals surface area contributed by atoms with Crippen molar-refractivity contribution in [2.75, 3.05) is 60.9 Å². The van der Waals surface area contributed by atoms with Crippen molar-refractivity contribution in [2.24, 2.45) is 0 Å². The number of aliphatic carboxylic acids is 1. The standard InChI is InChI=1S/C30H43N5O11/c1-30(2)45-27-20(44-21(28(27)46-30)13-31-29(42)43-18-19-10-8-7-9-11-19)12-22(36)32(3)14-23(37)33(4)15-24(38)34(5)16-25(39)35(6)17-26(40)41/h7-11,20-21,27-28H,12-18H2,1-6H3,(H,31,42)(H,40,41)/t20-,21+,27-,28+/m0/s1. The molecule has 2 saturated heterocycles. The number of hydrogen-bond donors (Lipinski definition) is 2. The Kier molecular flexibility index (Phi) is 12.4. The van der Waals surface area contributed by atoms with Gasteiger partial charge in [0.1, 0.15) is 31.5 Å².